The average Bonchev–Trinajstić information content (AvgIpc) is 3.23. The Kier molecular flexibility index (Phi) is 5.07. The summed E-state index contributed by atoms with van der Waals surface area (Å²) in [6.07, 6.45) is 0. The summed E-state index contributed by atoms with van der Waals surface area (Å²) in [5.41, 5.74) is 0.901. The van der Waals surface area contributed by atoms with Crippen LogP contribution in [-0.4, -0.2) is 59.5 Å². The Labute approximate surface area is 175 Å². The molecule has 148 valence electrons. The molecule has 4 rings (SSSR count). The van der Waals surface area contributed by atoms with Crippen LogP contribution in [0, 0.1) is 6.92 Å². The van der Waals surface area contributed by atoms with Crippen LogP contribution in [0.15, 0.2) is 39.7 Å². The van der Waals surface area contributed by atoms with Gasteiger partial charge in [-0.2, -0.15) is 9.40 Å². The molecule has 3 aromatic rings. The topological polar surface area (TPSA) is 75.5 Å². The molecule has 1 amide bonds. The molecule has 2 aromatic heterocycles. The van der Waals surface area contributed by atoms with Gasteiger partial charge in [-0.3, -0.25) is 9.48 Å². The van der Waals surface area contributed by atoms with Crippen molar-refractivity contribution in [2.24, 2.45) is 7.05 Å². The molecule has 1 aliphatic heterocycles. The van der Waals surface area contributed by atoms with Crippen LogP contribution in [0.25, 0.3) is 10.2 Å². The van der Waals surface area contributed by atoms with E-state index in [1.165, 1.54) is 15.6 Å². The van der Waals surface area contributed by atoms with Crippen LogP contribution >= 0.6 is 27.3 Å². The predicted octanol–water partition coefficient (Wildman–Crippen LogP) is 2.85. The molecule has 0 spiro atoms. The molecule has 0 aliphatic carbocycles. The normalized spacial score (nSPS) is 16.0. The van der Waals surface area contributed by atoms with Gasteiger partial charge in [0.15, 0.2) is 0 Å². The van der Waals surface area contributed by atoms with Gasteiger partial charge in [-0.25, -0.2) is 8.42 Å². The third-order valence-corrected chi connectivity index (χ3v) is 8.44. The third kappa shape index (κ3) is 3.38. The van der Waals surface area contributed by atoms with Crippen LogP contribution in [0.5, 0.6) is 0 Å². The second-order valence-corrected chi connectivity index (χ2v) is 10.6. The molecule has 0 unspecified atom stereocenters. The molecule has 0 saturated carbocycles. The van der Waals surface area contributed by atoms with E-state index < -0.39 is 10.0 Å². The van der Waals surface area contributed by atoms with Gasteiger partial charge in [-0.05, 0) is 31.2 Å². The summed E-state index contributed by atoms with van der Waals surface area (Å²) in [5, 5.41) is 5.35. The van der Waals surface area contributed by atoms with Crippen LogP contribution in [0.4, 0.5) is 0 Å². The maximum absolute atomic E-state index is 12.9. The quantitative estimate of drug-likeness (QED) is 0.574. The number of rotatable bonds is 3. The molecule has 10 heteroatoms. The van der Waals surface area contributed by atoms with E-state index in [4.69, 9.17) is 0 Å². The van der Waals surface area contributed by atoms with E-state index in [-0.39, 0.29) is 23.9 Å². The standard InChI is InChI=1S/C18H19BrN4O3S2/c1-12-15-11-16(27-18(15)21(2)20-12)17(24)22-6-8-23(9-7-22)28(25,26)14-5-3-4-13(19)10-14/h3-5,10-11H,6-9H2,1-2H3. The monoisotopic (exact) mass is 482 g/mol. The summed E-state index contributed by atoms with van der Waals surface area (Å²) < 4.78 is 29.6. The molecule has 1 aromatic carbocycles. The highest BCUT2D eigenvalue weighted by molar-refractivity contribution is 9.10. The molecule has 1 fully saturated rings. The van der Waals surface area contributed by atoms with E-state index in [0.717, 1.165) is 20.4 Å². The Balaban J connectivity index is 1.48. The molecular formula is C18H19BrN4O3S2. The number of piperazine rings is 1. The van der Waals surface area contributed by atoms with Gasteiger partial charge in [0.05, 0.1) is 15.5 Å². The number of thiophene rings is 1. The fraction of sp³-hybridized carbons (Fsp3) is 0.333. The molecule has 0 bridgehead atoms. The Morgan fingerprint density at radius 1 is 1.18 bits per heavy atom. The van der Waals surface area contributed by atoms with Gasteiger partial charge in [0.2, 0.25) is 10.0 Å². The number of hydrogen-bond acceptors (Lipinski definition) is 5. The van der Waals surface area contributed by atoms with E-state index in [1.54, 1.807) is 33.8 Å². The second kappa shape index (κ2) is 7.25. The third-order valence-electron chi connectivity index (χ3n) is 4.87. The number of nitrogens with zero attached hydrogens (tertiary/aromatic N) is 4. The average molecular weight is 483 g/mol. The van der Waals surface area contributed by atoms with Crippen LogP contribution < -0.4 is 0 Å². The summed E-state index contributed by atoms with van der Waals surface area (Å²) in [6, 6.07) is 8.56. The number of aromatic nitrogens is 2. The summed E-state index contributed by atoms with van der Waals surface area (Å²) >= 11 is 4.74. The van der Waals surface area contributed by atoms with E-state index in [9.17, 15) is 13.2 Å². The van der Waals surface area contributed by atoms with Gasteiger partial charge in [0.25, 0.3) is 5.91 Å². The fourth-order valence-corrected chi connectivity index (χ4v) is 6.48. The molecule has 0 N–H and O–H groups in total. The highest BCUT2D eigenvalue weighted by Gasteiger charge is 2.31. The molecule has 7 nitrogen and oxygen atoms in total. The first-order chi connectivity index (χ1) is 13.3. The first-order valence-electron chi connectivity index (χ1n) is 8.75. The Morgan fingerprint density at radius 2 is 1.89 bits per heavy atom. The molecule has 1 saturated heterocycles. The van der Waals surface area contributed by atoms with Gasteiger partial charge in [-0.15, -0.1) is 11.3 Å². The van der Waals surface area contributed by atoms with Crippen molar-refractivity contribution in [2.75, 3.05) is 26.2 Å². The van der Waals surface area contributed by atoms with Gasteiger partial charge in [0.1, 0.15) is 4.83 Å². The fourth-order valence-electron chi connectivity index (χ4n) is 3.37. The number of carbonyl (C=O) groups is 1. The molecule has 1 aliphatic rings. The van der Waals surface area contributed by atoms with Crippen LogP contribution in [0.2, 0.25) is 0 Å². The second-order valence-electron chi connectivity index (χ2n) is 6.69. The number of hydrogen-bond donors (Lipinski definition) is 0. The summed E-state index contributed by atoms with van der Waals surface area (Å²) in [7, 11) is -1.70. The van der Waals surface area contributed by atoms with Gasteiger partial charge >= 0.3 is 0 Å². The molecular weight excluding hydrogens is 464 g/mol. The first kappa shape index (κ1) is 19.6. The lowest BCUT2D eigenvalue weighted by Gasteiger charge is -2.33. The number of carbonyl (C=O) groups excluding carboxylic acids is 1. The van der Waals surface area contributed by atoms with Crippen molar-refractivity contribution in [1.82, 2.24) is 19.0 Å². The van der Waals surface area contributed by atoms with Crippen LogP contribution in [-0.2, 0) is 17.1 Å². The Morgan fingerprint density at radius 3 is 2.54 bits per heavy atom. The number of halogens is 1. The van der Waals surface area contributed by atoms with E-state index in [2.05, 4.69) is 21.0 Å². The minimum Gasteiger partial charge on any atom is -0.335 e. The highest BCUT2D eigenvalue weighted by Crippen LogP contribution is 2.29. The number of benzene rings is 1. The SMILES string of the molecule is Cc1nn(C)c2sc(C(=O)N3CCN(S(=O)(=O)c4cccc(Br)c4)CC3)cc12. The maximum Gasteiger partial charge on any atom is 0.264 e. The summed E-state index contributed by atoms with van der Waals surface area (Å²) in [6.45, 7) is 3.24. The number of aryl methyl sites for hydroxylation is 2. The predicted molar refractivity (Wildman–Crippen MR) is 112 cm³/mol. The van der Waals surface area contributed by atoms with Gasteiger partial charge in [-0.1, -0.05) is 22.0 Å². The lowest BCUT2D eigenvalue weighted by molar-refractivity contribution is 0.0703. The van der Waals surface area contributed by atoms with Crippen LogP contribution in [0.3, 0.4) is 0 Å². The highest BCUT2D eigenvalue weighted by atomic mass is 79.9. The van der Waals surface area contributed by atoms with E-state index in [0.29, 0.717) is 18.0 Å². The largest absolute Gasteiger partial charge is 0.335 e. The van der Waals surface area contributed by atoms with Crippen molar-refractivity contribution < 1.29 is 13.2 Å². The van der Waals surface area contributed by atoms with Crippen LogP contribution in [0.1, 0.15) is 15.4 Å². The summed E-state index contributed by atoms with van der Waals surface area (Å²) in [4.78, 5) is 16.5. The van der Waals surface area contributed by atoms with E-state index >= 15 is 0 Å². The Bertz CT molecular complexity index is 1130. The maximum atomic E-state index is 12.9. The molecule has 3 heterocycles. The van der Waals surface area contributed by atoms with Gasteiger partial charge in [0, 0.05) is 43.1 Å². The Hall–Kier alpha value is -1.75. The van der Waals surface area contributed by atoms with Crippen molar-refractivity contribution in [3.05, 3.63) is 45.4 Å². The number of sulfonamides is 1. The molecule has 28 heavy (non-hydrogen) atoms. The van der Waals surface area contributed by atoms with Crippen molar-refractivity contribution in [1.29, 1.82) is 0 Å². The number of amides is 1. The van der Waals surface area contributed by atoms with Crippen molar-refractivity contribution in [3.8, 4) is 0 Å². The number of fused-ring (bicyclic) bond motifs is 1. The zero-order chi connectivity index (χ0) is 20.1. The summed E-state index contributed by atoms with van der Waals surface area (Å²) in [5.74, 6) is -0.0555. The minimum absolute atomic E-state index is 0.0555. The zero-order valence-electron chi connectivity index (χ0n) is 15.4. The zero-order valence-corrected chi connectivity index (χ0v) is 18.6. The lowest BCUT2D eigenvalue weighted by atomic mass is 10.3. The molecule has 0 radical (unpaired) electrons. The van der Waals surface area contributed by atoms with Gasteiger partial charge < -0.3 is 4.90 Å². The van der Waals surface area contributed by atoms with Crippen molar-refractivity contribution in [3.63, 3.8) is 0 Å². The van der Waals surface area contributed by atoms with Crippen molar-refractivity contribution in [2.45, 2.75) is 11.8 Å². The molecule has 0 atom stereocenters. The van der Waals surface area contributed by atoms with Crippen molar-refractivity contribution >= 4 is 53.4 Å². The first-order valence-corrected chi connectivity index (χ1v) is 11.8. The smallest absolute Gasteiger partial charge is 0.264 e. The lowest BCUT2D eigenvalue weighted by Crippen LogP contribution is -2.50. The minimum atomic E-state index is -3.56. The van der Waals surface area contributed by atoms with E-state index in [1.807, 2.05) is 20.0 Å².